The van der Waals surface area contributed by atoms with Gasteiger partial charge in [0.15, 0.2) is 0 Å². The fraction of sp³-hybridized carbons (Fsp3) is 0.565. The molecule has 0 aromatic heterocycles. The van der Waals surface area contributed by atoms with Gasteiger partial charge >= 0.3 is 0 Å². The molecule has 0 aliphatic rings. The summed E-state index contributed by atoms with van der Waals surface area (Å²) in [6.45, 7) is 4.39. The maximum Gasteiger partial charge on any atom is 0.146 e. The third kappa shape index (κ3) is 15.6. The van der Waals surface area contributed by atoms with Gasteiger partial charge in [-0.3, -0.25) is 4.79 Å². The first kappa shape index (κ1) is 23.3. The Kier molecular flexibility index (Phi) is 17.4. The molecular weight excluding hydrogens is 308 g/mol. The van der Waals surface area contributed by atoms with Crippen molar-refractivity contribution in [3.8, 4) is 0 Å². The first-order valence-electron chi connectivity index (χ1n) is 9.92. The monoisotopic (exact) mass is 344 g/mol. The normalized spacial score (nSPS) is 10.7. The highest BCUT2D eigenvalue weighted by Crippen LogP contribution is 2.12. The van der Waals surface area contributed by atoms with Crippen LogP contribution in [0, 0.1) is 0 Å². The molecule has 0 saturated heterocycles. The Bertz CT molecular complexity index is 448. The molecule has 0 unspecified atom stereocenters. The molecule has 0 radical (unpaired) electrons. The van der Waals surface area contributed by atoms with Crippen LogP contribution >= 0.6 is 0 Å². The van der Waals surface area contributed by atoms with Gasteiger partial charge < -0.3 is 4.79 Å². The first-order valence-corrected chi connectivity index (χ1v) is 9.92. The highest BCUT2D eigenvalue weighted by atomic mass is 16.1. The van der Waals surface area contributed by atoms with Crippen molar-refractivity contribution in [3.63, 3.8) is 0 Å². The van der Waals surface area contributed by atoms with Crippen LogP contribution in [0.15, 0.2) is 35.9 Å². The molecule has 0 spiro atoms. The molecule has 0 aliphatic heterocycles. The molecule has 2 nitrogen and oxygen atoms in total. The van der Waals surface area contributed by atoms with E-state index in [1.54, 1.807) is 0 Å². The van der Waals surface area contributed by atoms with E-state index in [2.05, 4.69) is 13.8 Å². The molecule has 0 fully saturated rings. The highest BCUT2D eigenvalue weighted by Gasteiger charge is 1.96. The molecule has 0 atom stereocenters. The lowest BCUT2D eigenvalue weighted by Crippen LogP contribution is -1.86. The number of carbonyl (C=O) groups excluding carboxylic acids is 2. The second-order valence-electron chi connectivity index (χ2n) is 6.43. The van der Waals surface area contributed by atoms with Gasteiger partial charge in [-0.25, -0.2) is 0 Å². The van der Waals surface area contributed by atoms with Gasteiger partial charge in [0.25, 0.3) is 0 Å². The highest BCUT2D eigenvalue weighted by molar-refractivity contribution is 5.81. The zero-order valence-electron chi connectivity index (χ0n) is 16.2. The summed E-state index contributed by atoms with van der Waals surface area (Å²) in [6, 6.07) is 10.0. The van der Waals surface area contributed by atoms with Gasteiger partial charge in [0, 0.05) is 6.42 Å². The van der Waals surface area contributed by atoms with Crippen molar-refractivity contribution < 1.29 is 9.59 Å². The third-order valence-electron chi connectivity index (χ3n) is 4.05. The predicted octanol–water partition coefficient (Wildman–Crippen LogP) is 6.79. The Morgan fingerprint density at radius 1 is 0.800 bits per heavy atom. The lowest BCUT2D eigenvalue weighted by Gasteiger charge is -2.00. The summed E-state index contributed by atoms with van der Waals surface area (Å²) in [7, 11) is 0. The van der Waals surface area contributed by atoms with Crippen LogP contribution in [0.2, 0.25) is 0 Å². The first-order chi connectivity index (χ1) is 12.3. The summed E-state index contributed by atoms with van der Waals surface area (Å²) < 4.78 is 0. The SMILES string of the molecule is CCCCCCC(C=O)=Cc1ccccc1.CCCCCCCC=O. The number of carbonyl (C=O) groups is 2. The van der Waals surface area contributed by atoms with Gasteiger partial charge in [-0.15, -0.1) is 0 Å². The molecule has 0 amide bonds. The van der Waals surface area contributed by atoms with Gasteiger partial charge in [-0.1, -0.05) is 89.1 Å². The molecule has 1 aromatic carbocycles. The number of hydrogen-bond acceptors (Lipinski definition) is 2. The van der Waals surface area contributed by atoms with Crippen LogP contribution in [-0.4, -0.2) is 12.6 Å². The van der Waals surface area contributed by atoms with Crippen molar-refractivity contribution in [1.29, 1.82) is 0 Å². The molecule has 1 rings (SSSR count). The van der Waals surface area contributed by atoms with E-state index < -0.39 is 0 Å². The number of allylic oxidation sites excluding steroid dienone is 1. The summed E-state index contributed by atoms with van der Waals surface area (Å²) in [4.78, 5) is 20.7. The number of hydrogen-bond donors (Lipinski definition) is 0. The van der Waals surface area contributed by atoms with Gasteiger partial charge in [0.2, 0.25) is 0 Å². The van der Waals surface area contributed by atoms with Crippen LogP contribution < -0.4 is 0 Å². The van der Waals surface area contributed by atoms with E-state index in [0.717, 1.165) is 49.4 Å². The number of aldehydes is 2. The number of rotatable bonds is 13. The van der Waals surface area contributed by atoms with Gasteiger partial charge in [-0.05, 0) is 36.5 Å². The van der Waals surface area contributed by atoms with Crippen molar-refractivity contribution >= 4 is 18.6 Å². The quantitative estimate of drug-likeness (QED) is 0.224. The molecule has 1 aromatic rings. The van der Waals surface area contributed by atoms with Gasteiger partial charge in [-0.2, -0.15) is 0 Å². The van der Waals surface area contributed by atoms with E-state index in [0.29, 0.717) is 0 Å². The molecule has 0 N–H and O–H groups in total. The van der Waals surface area contributed by atoms with Crippen LogP contribution in [0.25, 0.3) is 6.08 Å². The van der Waals surface area contributed by atoms with Crippen LogP contribution in [0.1, 0.15) is 90.0 Å². The van der Waals surface area contributed by atoms with Crippen molar-refractivity contribution in [1.82, 2.24) is 0 Å². The van der Waals surface area contributed by atoms with E-state index in [1.807, 2.05) is 36.4 Å². The van der Waals surface area contributed by atoms with Crippen LogP contribution in [0.4, 0.5) is 0 Å². The van der Waals surface area contributed by atoms with E-state index >= 15 is 0 Å². The topological polar surface area (TPSA) is 34.1 Å². The second kappa shape index (κ2) is 18.6. The van der Waals surface area contributed by atoms with Crippen molar-refractivity contribution in [2.75, 3.05) is 0 Å². The van der Waals surface area contributed by atoms with E-state index in [9.17, 15) is 9.59 Å². The summed E-state index contributed by atoms with van der Waals surface area (Å²) in [5.74, 6) is 0. The van der Waals surface area contributed by atoms with Crippen LogP contribution in [-0.2, 0) is 9.59 Å². The zero-order chi connectivity index (χ0) is 18.6. The second-order valence-corrected chi connectivity index (χ2v) is 6.43. The molecule has 0 aliphatic carbocycles. The summed E-state index contributed by atoms with van der Waals surface area (Å²) >= 11 is 0. The average molecular weight is 345 g/mol. The van der Waals surface area contributed by atoms with E-state index in [-0.39, 0.29) is 0 Å². The smallest absolute Gasteiger partial charge is 0.146 e. The largest absolute Gasteiger partial charge is 0.303 e. The van der Waals surface area contributed by atoms with Gasteiger partial charge in [0.1, 0.15) is 12.6 Å². The molecule has 2 heteroatoms. The van der Waals surface area contributed by atoms with Crippen LogP contribution in [0.5, 0.6) is 0 Å². The minimum absolute atomic E-state index is 0.754. The Balaban J connectivity index is 0.000000547. The minimum Gasteiger partial charge on any atom is -0.303 e. The summed E-state index contributed by atoms with van der Waals surface area (Å²) in [5, 5.41) is 0. The van der Waals surface area contributed by atoms with Gasteiger partial charge in [0.05, 0.1) is 0 Å². The molecule has 0 bridgehead atoms. The molecule has 0 saturated carbocycles. The van der Waals surface area contributed by atoms with E-state index in [4.69, 9.17) is 0 Å². The fourth-order valence-electron chi connectivity index (χ4n) is 2.52. The lowest BCUT2D eigenvalue weighted by atomic mass is 10.0. The third-order valence-corrected chi connectivity index (χ3v) is 4.05. The Labute approximate surface area is 154 Å². The maximum atomic E-state index is 10.9. The number of unbranched alkanes of at least 4 members (excludes halogenated alkanes) is 8. The maximum absolute atomic E-state index is 10.9. The number of benzene rings is 1. The lowest BCUT2D eigenvalue weighted by molar-refractivity contribution is -0.108. The summed E-state index contributed by atoms with van der Waals surface area (Å²) in [5.41, 5.74) is 2.02. The van der Waals surface area contributed by atoms with Crippen molar-refractivity contribution in [2.24, 2.45) is 0 Å². The predicted molar refractivity (Wildman–Crippen MR) is 109 cm³/mol. The molecule has 140 valence electrons. The summed E-state index contributed by atoms with van der Waals surface area (Å²) in [6.07, 6.45) is 16.7. The molecule has 0 heterocycles. The Morgan fingerprint density at radius 2 is 1.40 bits per heavy atom. The zero-order valence-corrected chi connectivity index (χ0v) is 16.2. The average Bonchev–Trinajstić information content (AvgIpc) is 2.65. The molecule has 25 heavy (non-hydrogen) atoms. The Hall–Kier alpha value is -1.70. The van der Waals surface area contributed by atoms with Crippen LogP contribution in [0.3, 0.4) is 0 Å². The minimum atomic E-state index is 0.754. The fourth-order valence-corrected chi connectivity index (χ4v) is 2.52. The van der Waals surface area contributed by atoms with Crippen molar-refractivity contribution in [2.45, 2.75) is 84.5 Å². The Morgan fingerprint density at radius 3 is 1.96 bits per heavy atom. The van der Waals surface area contributed by atoms with E-state index in [1.165, 1.54) is 44.9 Å². The van der Waals surface area contributed by atoms with Crippen molar-refractivity contribution in [3.05, 3.63) is 41.5 Å². The molecular formula is C23H36O2. The standard InChI is InChI=1S/C15H20O.C8H16O/c1-2-3-4-6-11-15(13-16)12-14-9-7-5-8-10-14;1-2-3-4-5-6-7-8-9/h5,7-10,12-13H,2-4,6,11H2,1H3;8H,2-7H2,1H3.